The van der Waals surface area contributed by atoms with E-state index in [1.807, 2.05) is 91.0 Å². The normalized spacial score (nSPS) is 12.0. The van der Waals surface area contributed by atoms with E-state index in [-0.39, 0.29) is 18.2 Å². The van der Waals surface area contributed by atoms with E-state index in [4.69, 9.17) is 5.26 Å². The summed E-state index contributed by atoms with van der Waals surface area (Å²) in [5.74, 6) is -0.495. The zero-order valence-electron chi connectivity index (χ0n) is 15.3. The van der Waals surface area contributed by atoms with Crippen molar-refractivity contribution in [2.45, 2.75) is 18.9 Å². The van der Waals surface area contributed by atoms with Crippen molar-refractivity contribution in [3.63, 3.8) is 0 Å². The lowest BCUT2D eigenvalue weighted by Crippen LogP contribution is -2.48. The van der Waals surface area contributed by atoms with Crippen molar-refractivity contribution < 1.29 is 4.79 Å². The fourth-order valence-corrected chi connectivity index (χ4v) is 3.36. The molecule has 1 amide bonds. The van der Waals surface area contributed by atoms with E-state index in [9.17, 15) is 4.79 Å². The van der Waals surface area contributed by atoms with Crippen molar-refractivity contribution in [1.29, 1.82) is 5.26 Å². The highest BCUT2D eigenvalue weighted by molar-refractivity contribution is 5.79. The lowest BCUT2D eigenvalue weighted by atomic mass is 9.77. The highest BCUT2D eigenvalue weighted by Crippen LogP contribution is 2.36. The number of nitrogens with one attached hydrogen (secondary N) is 1. The van der Waals surface area contributed by atoms with Crippen LogP contribution in [0.1, 0.15) is 30.0 Å². The second kappa shape index (κ2) is 8.33. The van der Waals surface area contributed by atoms with Gasteiger partial charge in [-0.05, 0) is 23.6 Å². The van der Waals surface area contributed by atoms with E-state index >= 15 is 0 Å². The second-order valence-electron chi connectivity index (χ2n) is 6.63. The van der Waals surface area contributed by atoms with Gasteiger partial charge in [-0.25, -0.2) is 0 Å². The molecular formula is C24H22N2O. The summed E-state index contributed by atoms with van der Waals surface area (Å²) >= 11 is 0. The van der Waals surface area contributed by atoms with E-state index < -0.39 is 5.54 Å². The van der Waals surface area contributed by atoms with Gasteiger partial charge in [0.15, 0.2) is 0 Å². The average molecular weight is 354 g/mol. The molecule has 0 unspecified atom stereocenters. The molecule has 3 aromatic carbocycles. The standard InChI is InChI=1S/C24H22N2O/c1-19(18-25)17-23(27)26-24(20-11-5-2-6-12-20,21-13-7-3-8-14-21)22-15-9-4-10-16-22/h2-16,19H,17H2,1H3,(H,26,27)/t19-/m1/s1. The first-order chi connectivity index (χ1) is 13.2. The van der Waals surface area contributed by atoms with Crippen LogP contribution in [0.25, 0.3) is 0 Å². The maximum atomic E-state index is 12.9. The number of carbonyl (C=O) groups excluding carboxylic acids is 1. The van der Waals surface area contributed by atoms with Gasteiger partial charge in [-0.15, -0.1) is 0 Å². The quantitative estimate of drug-likeness (QED) is 0.655. The third-order valence-electron chi connectivity index (χ3n) is 4.66. The molecule has 0 aliphatic heterocycles. The Hall–Kier alpha value is -3.38. The summed E-state index contributed by atoms with van der Waals surface area (Å²) in [6.07, 6.45) is 0.157. The van der Waals surface area contributed by atoms with Crippen LogP contribution in [-0.2, 0) is 10.3 Å². The molecule has 3 aromatic rings. The third kappa shape index (κ3) is 3.91. The summed E-state index contributed by atoms with van der Waals surface area (Å²) in [4.78, 5) is 12.9. The van der Waals surface area contributed by atoms with E-state index in [1.54, 1.807) is 6.92 Å². The predicted octanol–water partition coefficient (Wildman–Crippen LogP) is 4.64. The van der Waals surface area contributed by atoms with Crippen molar-refractivity contribution in [2.75, 3.05) is 0 Å². The zero-order chi connectivity index (χ0) is 19.1. The summed E-state index contributed by atoms with van der Waals surface area (Å²) in [5.41, 5.74) is 2.09. The molecule has 3 heteroatoms. The lowest BCUT2D eigenvalue weighted by molar-refractivity contribution is -0.122. The number of nitrogens with zero attached hydrogens (tertiary/aromatic N) is 1. The van der Waals surface area contributed by atoms with Crippen LogP contribution in [0, 0.1) is 17.2 Å². The highest BCUT2D eigenvalue weighted by atomic mass is 16.1. The van der Waals surface area contributed by atoms with Crippen LogP contribution in [0.5, 0.6) is 0 Å². The van der Waals surface area contributed by atoms with Gasteiger partial charge in [0, 0.05) is 6.42 Å². The molecule has 0 saturated heterocycles. The smallest absolute Gasteiger partial charge is 0.222 e. The van der Waals surface area contributed by atoms with Crippen molar-refractivity contribution in [2.24, 2.45) is 5.92 Å². The molecule has 0 bridgehead atoms. The van der Waals surface area contributed by atoms with E-state index in [0.717, 1.165) is 16.7 Å². The summed E-state index contributed by atoms with van der Waals surface area (Å²) in [6.45, 7) is 1.76. The topological polar surface area (TPSA) is 52.9 Å². The van der Waals surface area contributed by atoms with E-state index in [1.165, 1.54) is 0 Å². The van der Waals surface area contributed by atoms with Crippen molar-refractivity contribution >= 4 is 5.91 Å². The molecule has 134 valence electrons. The van der Waals surface area contributed by atoms with Gasteiger partial charge in [0.1, 0.15) is 5.54 Å². The fourth-order valence-electron chi connectivity index (χ4n) is 3.36. The number of rotatable bonds is 6. The SMILES string of the molecule is C[C@@H](C#N)CC(=O)NC(c1ccccc1)(c1ccccc1)c1ccccc1. The number of carbonyl (C=O) groups is 1. The molecular weight excluding hydrogens is 332 g/mol. The molecule has 0 heterocycles. The van der Waals surface area contributed by atoms with Crippen molar-refractivity contribution in [3.05, 3.63) is 108 Å². The maximum Gasteiger partial charge on any atom is 0.222 e. The van der Waals surface area contributed by atoms with Crippen LogP contribution in [-0.4, -0.2) is 5.91 Å². The summed E-state index contributed by atoms with van der Waals surface area (Å²) in [6, 6.07) is 32.0. The Labute approximate surface area is 160 Å². The monoisotopic (exact) mass is 354 g/mol. The Morgan fingerprint density at radius 1 is 0.852 bits per heavy atom. The second-order valence-corrected chi connectivity index (χ2v) is 6.63. The van der Waals surface area contributed by atoms with Crippen LogP contribution in [0.4, 0.5) is 0 Å². The Kier molecular flexibility index (Phi) is 5.68. The molecule has 1 N–H and O–H groups in total. The van der Waals surface area contributed by atoms with Gasteiger partial charge in [0.05, 0.1) is 12.0 Å². The molecule has 0 radical (unpaired) electrons. The Morgan fingerprint density at radius 2 is 1.22 bits per heavy atom. The van der Waals surface area contributed by atoms with Crippen LogP contribution < -0.4 is 5.32 Å². The lowest BCUT2D eigenvalue weighted by Gasteiger charge is -2.37. The van der Waals surface area contributed by atoms with E-state index in [2.05, 4.69) is 11.4 Å². The Morgan fingerprint density at radius 3 is 1.56 bits per heavy atom. The number of amides is 1. The molecule has 3 rings (SSSR count). The minimum atomic E-state index is -0.823. The van der Waals surface area contributed by atoms with Crippen LogP contribution in [0.3, 0.4) is 0 Å². The van der Waals surface area contributed by atoms with Crippen molar-refractivity contribution in [3.8, 4) is 6.07 Å². The van der Waals surface area contributed by atoms with Gasteiger partial charge >= 0.3 is 0 Å². The van der Waals surface area contributed by atoms with Gasteiger partial charge in [-0.2, -0.15) is 5.26 Å². The van der Waals surface area contributed by atoms with Gasteiger partial charge in [0.25, 0.3) is 0 Å². The van der Waals surface area contributed by atoms with Gasteiger partial charge in [-0.3, -0.25) is 4.79 Å². The third-order valence-corrected chi connectivity index (χ3v) is 4.66. The summed E-state index contributed by atoms with van der Waals surface area (Å²) < 4.78 is 0. The molecule has 0 aliphatic carbocycles. The van der Waals surface area contributed by atoms with Gasteiger partial charge in [0.2, 0.25) is 5.91 Å². The molecule has 0 spiro atoms. The molecule has 0 saturated carbocycles. The average Bonchev–Trinajstić information content (AvgIpc) is 2.74. The molecule has 0 fully saturated rings. The first-order valence-electron chi connectivity index (χ1n) is 9.04. The van der Waals surface area contributed by atoms with Crippen LogP contribution >= 0.6 is 0 Å². The molecule has 27 heavy (non-hydrogen) atoms. The summed E-state index contributed by atoms with van der Waals surface area (Å²) in [7, 11) is 0. The number of benzene rings is 3. The fraction of sp³-hybridized carbons (Fsp3) is 0.167. The number of hydrogen-bond acceptors (Lipinski definition) is 2. The predicted molar refractivity (Wildman–Crippen MR) is 107 cm³/mol. The van der Waals surface area contributed by atoms with Crippen LogP contribution in [0.2, 0.25) is 0 Å². The Balaban J connectivity index is 2.20. The molecule has 0 aliphatic rings. The molecule has 3 nitrogen and oxygen atoms in total. The maximum absolute atomic E-state index is 12.9. The molecule has 1 atom stereocenters. The minimum Gasteiger partial charge on any atom is -0.338 e. The van der Waals surface area contributed by atoms with Gasteiger partial charge in [-0.1, -0.05) is 91.0 Å². The minimum absolute atomic E-state index is 0.152. The summed E-state index contributed by atoms with van der Waals surface area (Å²) in [5, 5.41) is 12.4. The first kappa shape index (κ1) is 18.4. The van der Waals surface area contributed by atoms with Gasteiger partial charge < -0.3 is 5.32 Å². The zero-order valence-corrected chi connectivity index (χ0v) is 15.3. The Bertz CT molecular complexity index is 818. The highest BCUT2D eigenvalue weighted by Gasteiger charge is 2.37. The first-order valence-corrected chi connectivity index (χ1v) is 9.04. The number of nitriles is 1. The largest absolute Gasteiger partial charge is 0.338 e. The van der Waals surface area contributed by atoms with Crippen LogP contribution in [0.15, 0.2) is 91.0 Å². The number of hydrogen-bond donors (Lipinski definition) is 1. The van der Waals surface area contributed by atoms with E-state index in [0.29, 0.717) is 0 Å². The van der Waals surface area contributed by atoms with Crippen molar-refractivity contribution in [1.82, 2.24) is 5.32 Å². The molecule has 0 aromatic heterocycles.